The van der Waals surface area contributed by atoms with Crippen molar-refractivity contribution in [2.45, 2.75) is 19.4 Å². The number of rotatable bonds is 6. The van der Waals surface area contributed by atoms with Crippen molar-refractivity contribution in [1.82, 2.24) is 0 Å². The summed E-state index contributed by atoms with van der Waals surface area (Å²) < 4.78 is 6.05. The summed E-state index contributed by atoms with van der Waals surface area (Å²) in [7, 11) is 1.56. The van der Waals surface area contributed by atoms with Crippen molar-refractivity contribution >= 4 is 27.5 Å². The maximum absolute atomic E-state index is 11.8. The average Bonchev–Trinajstić information content (AvgIpc) is 2.30. The highest BCUT2D eigenvalue weighted by molar-refractivity contribution is 9.10. The zero-order valence-electron chi connectivity index (χ0n) is 10.9. The standard InChI is InChI=1S/C13H19BrN2O2/c1-9(2)13(8-18-3,12(15)17)16-11-7-5-4-6-10(11)14/h4-7,9,16H,8H2,1-3H3,(H2,15,17). The lowest BCUT2D eigenvalue weighted by Crippen LogP contribution is -2.57. The Morgan fingerprint density at radius 3 is 2.56 bits per heavy atom. The Kier molecular flexibility index (Phi) is 5.16. The smallest absolute Gasteiger partial charge is 0.245 e. The highest BCUT2D eigenvalue weighted by Crippen LogP contribution is 2.28. The number of para-hydroxylation sites is 1. The average molecular weight is 315 g/mol. The summed E-state index contributed by atoms with van der Waals surface area (Å²) in [6, 6.07) is 7.60. The van der Waals surface area contributed by atoms with Crippen LogP contribution < -0.4 is 11.1 Å². The first-order chi connectivity index (χ1) is 8.44. The molecule has 1 aromatic carbocycles. The molecule has 0 aliphatic carbocycles. The van der Waals surface area contributed by atoms with Crippen LogP contribution in [0.2, 0.25) is 0 Å². The number of carbonyl (C=O) groups excluding carboxylic acids is 1. The van der Waals surface area contributed by atoms with Crippen molar-refractivity contribution in [2.24, 2.45) is 11.7 Å². The van der Waals surface area contributed by atoms with Gasteiger partial charge in [0.2, 0.25) is 5.91 Å². The third kappa shape index (κ3) is 3.03. The Labute approximate surface area is 116 Å². The van der Waals surface area contributed by atoms with E-state index in [1.54, 1.807) is 7.11 Å². The van der Waals surface area contributed by atoms with E-state index in [0.29, 0.717) is 0 Å². The number of nitrogens with two attached hydrogens (primary N) is 1. The zero-order chi connectivity index (χ0) is 13.8. The van der Waals surface area contributed by atoms with E-state index in [0.717, 1.165) is 10.2 Å². The third-order valence-electron chi connectivity index (χ3n) is 3.03. The molecule has 18 heavy (non-hydrogen) atoms. The van der Waals surface area contributed by atoms with Crippen molar-refractivity contribution in [1.29, 1.82) is 0 Å². The van der Waals surface area contributed by atoms with E-state index in [2.05, 4.69) is 21.2 Å². The van der Waals surface area contributed by atoms with Crippen LogP contribution in [0.5, 0.6) is 0 Å². The van der Waals surface area contributed by atoms with Gasteiger partial charge in [0, 0.05) is 17.3 Å². The maximum atomic E-state index is 11.8. The van der Waals surface area contributed by atoms with E-state index in [-0.39, 0.29) is 12.5 Å². The number of anilines is 1. The molecule has 0 aromatic heterocycles. The van der Waals surface area contributed by atoms with Crippen molar-refractivity contribution in [3.63, 3.8) is 0 Å². The quantitative estimate of drug-likeness (QED) is 0.847. The molecule has 0 aliphatic rings. The number of primary amides is 1. The second kappa shape index (κ2) is 6.20. The number of methoxy groups -OCH3 is 1. The number of nitrogens with one attached hydrogen (secondary N) is 1. The number of halogens is 1. The molecule has 0 heterocycles. The van der Waals surface area contributed by atoms with Gasteiger partial charge < -0.3 is 15.8 Å². The zero-order valence-corrected chi connectivity index (χ0v) is 12.5. The SMILES string of the molecule is COCC(Nc1ccccc1Br)(C(N)=O)C(C)C. The first kappa shape index (κ1) is 15.0. The van der Waals surface area contributed by atoms with Gasteiger partial charge in [-0.3, -0.25) is 4.79 Å². The Morgan fingerprint density at radius 1 is 1.50 bits per heavy atom. The molecule has 3 N–H and O–H groups in total. The van der Waals surface area contributed by atoms with Gasteiger partial charge in [0.15, 0.2) is 0 Å². The van der Waals surface area contributed by atoms with Crippen molar-refractivity contribution in [2.75, 3.05) is 19.0 Å². The van der Waals surface area contributed by atoms with Gasteiger partial charge in [0.25, 0.3) is 0 Å². The molecule has 0 saturated heterocycles. The monoisotopic (exact) mass is 314 g/mol. The van der Waals surface area contributed by atoms with Gasteiger partial charge >= 0.3 is 0 Å². The highest BCUT2D eigenvalue weighted by atomic mass is 79.9. The molecule has 0 bridgehead atoms. The summed E-state index contributed by atoms with van der Waals surface area (Å²) in [6.07, 6.45) is 0. The number of carbonyl (C=O) groups is 1. The number of hydrogen-bond donors (Lipinski definition) is 2. The molecular formula is C13H19BrN2O2. The van der Waals surface area contributed by atoms with Crippen LogP contribution in [0.3, 0.4) is 0 Å². The summed E-state index contributed by atoms with van der Waals surface area (Å²) in [5.41, 5.74) is 5.46. The molecule has 0 radical (unpaired) electrons. The minimum absolute atomic E-state index is 0.00190. The second-order valence-electron chi connectivity index (χ2n) is 4.53. The largest absolute Gasteiger partial charge is 0.382 e. The Hall–Kier alpha value is -1.07. The van der Waals surface area contributed by atoms with E-state index in [1.165, 1.54) is 0 Å². The molecule has 4 nitrogen and oxygen atoms in total. The lowest BCUT2D eigenvalue weighted by atomic mass is 9.86. The van der Waals surface area contributed by atoms with E-state index < -0.39 is 11.4 Å². The fraction of sp³-hybridized carbons (Fsp3) is 0.462. The molecule has 0 fully saturated rings. The molecule has 100 valence electrons. The van der Waals surface area contributed by atoms with Crippen LogP contribution in [0.15, 0.2) is 28.7 Å². The molecule has 5 heteroatoms. The molecule has 0 saturated carbocycles. The summed E-state index contributed by atoms with van der Waals surface area (Å²) >= 11 is 3.44. The van der Waals surface area contributed by atoms with E-state index in [4.69, 9.17) is 10.5 Å². The minimum atomic E-state index is -0.918. The summed E-state index contributed by atoms with van der Waals surface area (Å²) in [5, 5.41) is 3.21. The van der Waals surface area contributed by atoms with E-state index >= 15 is 0 Å². The van der Waals surface area contributed by atoms with Crippen LogP contribution in [-0.2, 0) is 9.53 Å². The van der Waals surface area contributed by atoms with Crippen LogP contribution in [0.4, 0.5) is 5.69 Å². The van der Waals surface area contributed by atoms with Crippen molar-refractivity contribution in [3.8, 4) is 0 Å². The van der Waals surface area contributed by atoms with Crippen molar-refractivity contribution < 1.29 is 9.53 Å². The number of benzene rings is 1. The summed E-state index contributed by atoms with van der Waals surface area (Å²) in [4.78, 5) is 11.8. The summed E-state index contributed by atoms with van der Waals surface area (Å²) in [5.74, 6) is -0.419. The Morgan fingerprint density at radius 2 is 2.11 bits per heavy atom. The first-order valence-corrected chi connectivity index (χ1v) is 6.55. The van der Waals surface area contributed by atoms with Gasteiger partial charge in [-0.25, -0.2) is 0 Å². The molecule has 1 rings (SSSR count). The van der Waals surface area contributed by atoms with Crippen LogP contribution in [-0.4, -0.2) is 25.2 Å². The molecule has 1 amide bonds. The fourth-order valence-corrected chi connectivity index (χ4v) is 2.18. The second-order valence-corrected chi connectivity index (χ2v) is 5.38. The van der Waals surface area contributed by atoms with Crippen LogP contribution in [0.1, 0.15) is 13.8 Å². The number of ether oxygens (including phenoxy) is 1. The third-order valence-corrected chi connectivity index (χ3v) is 3.72. The topological polar surface area (TPSA) is 64.3 Å². The molecular weight excluding hydrogens is 296 g/mol. The van der Waals surface area contributed by atoms with Gasteiger partial charge in [-0.2, -0.15) is 0 Å². The predicted molar refractivity (Wildman–Crippen MR) is 76.4 cm³/mol. The molecule has 0 aliphatic heterocycles. The number of hydrogen-bond acceptors (Lipinski definition) is 3. The Bertz CT molecular complexity index is 423. The minimum Gasteiger partial charge on any atom is -0.382 e. The van der Waals surface area contributed by atoms with Crippen molar-refractivity contribution in [3.05, 3.63) is 28.7 Å². The molecule has 1 unspecified atom stereocenters. The molecule has 1 aromatic rings. The van der Waals surface area contributed by atoms with E-state index in [9.17, 15) is 4.79 Å². The van der Waals surface area contributed by atoms with Gasteiger partial charge in [0.05, 0.1) is 6.61 Å². The number of amides is 1. The molecule has 0 spiro atoms. The lowest BCUT2D eigenvalue weighted by Gasteiger charge is -2.36. The Balaban J connectivity index is 3.12. The first-order valence-electron chi connectivity index (χ1n) is 5.75. The predicted octanol–water partition coefficient (Wildman–Crippen LogP) is 2.39. The van der Waals surface area contributed by atoms with Gasteiger partial charge in [0.1, 0.15) is 5.54 Å². The molecule has 1 atom stereocenters. The highest BCUT2D eigenvalue weighted by Gasteiger charge is 2.40. The van der Waals surface area contributed by atoms with Crippen LogP contribution >= 0.6 is 15.9 Å². The van der Waals surface area contributed by atoms with Gasteiger partial charge in [-0.05, 0) is 34.0 Å². The normalized spacial score (nSPS) is 14.3. The fourth-order valence-electron chi connectivity index (χ4n) is 1.79. The summed E-state index contributed by atoms with van der Waals surface area (Å²) in [6.45, 7) is 4.10. The van der Waals surface area contributed by atoms with Crippen LogP contribution in [0.25, 0.3) is 0 Å². The lowest BCUT2D eigenvalue weighted by molar-refractivity contribution is -0.125. The van der Waals surface area contributed by atoms with Gasteiger partial charge in [-0.15, -0.1) is 0 Å². The maximum Gasteiger partial charge on any atom is 0.245 e. The van der Waals surface area contributed by atoms with E-state index in [1.807, 2.05) is 38.1 Å². The van der Waals surface area contributed by atoms with Crippen LogP contribution in [0, 0.1) is 5.92 Å². The van der Waals surface area contributed by atoms with Gasteiger partial charge in [-0.1, -0.05) is 26.0 Å².